The molecular formula is C15H16ClN3O2. The molecule has 6 heteroatoms. The molecule has 0 radical (unpaired) electrons. The van der Waals surface area contributed by atoms with Crippen molar-refractivity contribution in [3.05, 3.63) is 41.2 Å². The SMILES string of the molecule is CCNC(=O)CN(C)C(=O)c1cnc(Cl)c2ccccc12. The zero-order valence-corrected chi connectivity index (χ0v) is 12.6. The van der Waals surface area contributed by atoms with Crippen LogP contribution in [0.2, 0.25) is 5.15 Å². The molecule has 1 heterocycles. The van der Waals surface area contributed by atoms with Crippen molar-refractivity contribution >= 4 is 34.2 Å². The molecule has 110 valence electrons. The summed E-state index contributed by atoms with van der Waals surface area (Å²) < 4.78 is 0. The lowest BCUT2D eigenvalue weighted by molar-refractivity contribution is -0.121. The Hall–Kier alpha value is -2.14. The van der Waals surface area contributed by atoms with E-state index < -0.39 is 0 Å². The predicted molar refractivity (Wildman–Crippen MR) is 82.4 cm³/mol. The summed E-state index contributed by atoms with van der Waals surface area (Å²) >= 11 is 6.04. The van der Waals surface area contributed by atoms with Gasteiger partial charge in [0.2, 0.25) is 5.91 Å². The van der Waals surface area contributed by atoms with E-state index in [9.17, 15) is 9.59 Å². The minimum Gasteiger partial charge on any atom is -0.355 e. The van der Waals surface area contributed by atoms with E-state index in [0.29, 0.717) is 17.3 Å². The Morgan fingerprint density at radius 1 is 1.29 bits per heavy atom. The molecule has 1 aromatic carbocycles. The number of likely N-dealkylation sites (N-methyl/N-ethyl adjacent to an activating group) is 2. The maximum Gasteiger partial charge on any atom is 0.256 e. The van der Waals surface area contributed by atoms with Gasteiger partial charge < -0.3 is 10.2 Å². The maximum atomic E-state index is 12.5. The van der Waals surface area contributed by atoms with Crippen LogP contribution in [0.1, 0.15) is 17.3 Å². The second-order valence-corrected chi connectivity index (χ2v) is 4.98. The lowest BCUT2D eigenvalue weighted by atomic mass is 10.1. The van der Waals surface area contributed by atoms with E-state index in [-0.39, 0.29) is 18.4 Å². The largest absolute Gasteiger partial charge is 0.355 e. The molecule has 0 fully saturated rings. The fourth-order valence-corrected chi connectivity index (χ4v) is 2.29. The Labute approximate surface area is 127 Å². The number of pyridine rings is 1. The van der Waals surface area contributed by atoms with Crippen LogP contribution < -0.4 is 5.32 Å². The Morgan fingerprint density at radius 2 is 1.95 bits per heavy atom. The zero-order valence-electron chi connectivity index (χ0n) is 11.9. The summed E-state index contributed by atoms with van der Waals surface area (Å²) in [5.41, 5.74) is 0.432. The fraction of sp³-hybridized carbons (Fsp3) is 0.267. The topological polar surface area (TPSA) is 62.3 Å². The fourth-order valence-electron chi connectivity index (χ4n) is 2.07. The van der Waals surface area contributed by atoms with Crippen molar-refractivity contribution < 1.29 is 9.59 Å². The van der Waals surface area contributed by atoms with E-state index in [1.54, 1.807) is 7.05 Å². The summed E-state index contributed by atoms with van der Waals surface area (Å²) in [6, 6.07) is 7.29. The minimum atomic E-state index is -0.262. The third-order valence-corrected chi connectivity index (χ3v) is 3.38. The van der Waals surface area contributed by atoms with Crippen molar-refractivity contribution in [2.75, 3.05) is 20.1 Å². The maximum absolute atomic E-state index is 12.5. The van der Waals surface area contributed by atoms with Gasteiger partial charge in [0.1, 0.15) is 5.15 Å². The number of aromatic nitrogens is 1. The molecular weight excluding hydrogens is 290 g/mol. The second kappa shape index (κ2) is 6.54. The van der Waals surface area contributed by atoms with Crippen LogP contribution in [0.15, 0.2) is 30.5 Å². The molecule has 2 rings (SSSR count). The van der Waals surface area contributed by atoms with Crippen molar-refractivity contribution in [1.82, 2.24) is 15.2 Å². The van der Waals surface area contributed by atoms with Gasteiger partial charge in [-0.25, -0.2) is 4.98 Å². The zero-order chi connectivity index (χ0) is 15.4. The molecule has 0 unspecified atom stereocenters. The number of rotatable bonds is 4. The van der Waals surface area contributed by atoms with Crippen molar-refractivity contribution in [1.29, 1.82) is 0 Å². The number of carbonyl (C=O) groups excluding carboxylic acids is 2. The van der Waals surface area contributed by atoms with Gasteiger partial charge in [-0.1, -0.05) is 35.9 Å². The van der Waals surface area contributed by atoms with Crippen LogP contribution in [0.25, 0.3) is 10.8 Å². The van der Waals surface area contributed by atoms with E-state index in [0.717, 1.165) is 10.8 Å². The molecule has 0 bridgehead atoms. The smallest absolute Gasteiger partial charge is 0.256 e. The number of fused-ring (bicyclic) bond motifs is 1. The lowest BCUT2D eigenvalue weighted by Gasteiger charge is -2.17. The summed E-state index contributed by atoms with van der Waals surface area (Å²) in [6.45, 7) is 2.37. The molecule has 2 aromatic rings. The normalized spacial score (nSPS) is 10.4. The Kier molecular flexibility index (Phi) is 4.75. The Morgan fingerprint density at radius 3 is 2.62 bits per heavy atom. The van der Waals surface area contributed by atoms with Crippen LogP contribution in [-0.2, 0) is 4.79 Å². The average Bonchev–Trinajstić information content (AvgIpc) is 2.47. The van der Waals surface area contributed by atoms with Crippen LogP contribution in [-0.4, -0.2) is 41.8 Å². The second-order valence-electron chi connectivity index (χ2n) is 4.62. The Balaban J connectivity index is 2.31. The molecule has 0 atom stereocenters. The molecule has 1 aromatic heterocycles. The Bertz CT molecular complexity index is 688. The van der Waals surface area contributed by atoms with Gasteiger partial charge in [-0.05, 0) is 12.3 Å². The number of carbonyl (C=O) groups is 2. The van der Waals surface area contributed by atoms with Gasteiger partial charge in [-0.3, -0.25) is 9.59 Å². The first-order chi connectivity index (χ1) is 10.0. The van der Waals surface area contributed by atoms with Gasteiger partial charge in [-0.2, -0.15) is 0 Å². The third kappa shape index (κ3) is 3.31. The van der Waals surface area contributed by atoms with Crippen LogP contribution >= 0.6 is 11.6 Å². The molecule has 0 aliphatic carbocycles. The summed E-state index contributed by atoms with van der Waals surface area (Å²) in [6.07, 6.45) is 1.45. The summed E-state index contributed by atoms with van der Waals surface area (Å²) in [7, 11) is 1.58. The van der Waals surface area contributed by atoms with Gasteiger partial charge in [0, 0.05) is 25.2 Å². The van der Waals surface area contributed by atoms with E-state index in [1.807, 2.05) is 31.2 Å². The number of hydrogen-bond acceptors (Lipinski definition) is 3. The molecule has 0 aliphatic rings. The number of amides is 2. The van der Waals surface area contributed by atoms with Crippen LogP contribution in [0, 0.1) is 0 Å². The molecule has 0 saturated heterocycles. The molecule has 0 spiro atoms. The van der Waals surface area contributed by atoms with Crippen molar-refractivity contribution in [3.63, 3.8) is 0 Å². The molecule has 21 heavy (non-hydrogen) atoms. The van der Waals surface area contributed by atoms with Gasteiger partial charge in [0.15, 0.2) is 0 Å². The van der Waals surface area contributed by atoms with Crippen LogP contribution in [0.3, 0.4) is 0 Å². The number of nitrogens with zero attached hydrogens (tertiary/aromatic N) is 2. The predicted octanol–water partition coefficient (Wildman–Crippen LogP) is 2.10. The van der Waals surface area contributed by atoms with E-state index >= 15 is 0 Å². The number of hydrogen-bond donors (Lipinski definition) is 1. The number of halogens is 1. The number of benzene rings is 1. The molecule has 1 N–H and O–H groups in total. The van der Waals surface area contributed by atoms with Crippen molar-refractivity contribution in [2.45, 2.75) is 6.92 Å². The highest BCUT2D eigenvalue weighted by Crippen LogP contribution is 2.24. The number of nitrogens with one attached hydrogen (secondary N) is 1. The third-order valence-electron chi connectivity index (χ3n) is 3.08. The van der Waals surface area contributed by atoms with Gasteiger partial charge in [0.05, 0.1) is 12.1 Å². The highest BCUT2D eigenvalue weighted by molar-refractivity contribution is 6.34. The molecule has 5 nitrogen and oxygen atoms in total. The average molecular weight is 306 g/mol. The first kappa shape index (κ1) is 15.3. The van der Waals surface area contributed by atoms with Crippen LogP contribution in [0.5, 0.6) is 0 Å². The molecule has 0 saturated carbocycles. The van der Waals surface area contributed by atoms with E-state index in [1.165, 1.54) is 11.1 Å². The van der Waals surface area contributed by atoms with Crippen LogP contribution in [0.4, 0.5) is 0 Å². The summed E-state index contributed by atoms with van der Waals surface area (Å²) in [5.74, 6) is -0.457. The quantitative estimate of drug-likeness (QED) is 0.880. The highest BCUT2D eigenvalue weighted by Gasteiger charge is 2.18. The monoisotopic (exact) mass is 305 g/mol. The van der Waals surface area contributed by atoms with Gasteiger partial charge in [-0.15, -0.1) is 0 Å². The van der Waals surface area contributed by atoms with E-state index in [4.69, 9.17) is 11.6 Å². The summed E-state index contributed by atoms with van der Waals surface area (Å²) in [4.78, 5) is 29.4. The first-order valence-corrected chi connectivity index (χ1v) is 6.97. The van der Waals surface area contributed by atoms with E-state index in [2.05, 4.69) is 10.3 Å². The molecule has 0 aliphatic heterocycles. The lowest BCUT2D eigenvalue weighted by Crippen LogP contribution is -2.38. The first-order valence-electron chi connectivity index (χ1n) is 6.60. The standard InChI is InChI=1S/C15H16ClN3O2/c1-3-17-13(20)9-19(2)15(21)12-8-18-14(16)11-7-5-4-6-10(11)12/h4-8H,3,9H2,1-2H3,(H,17,20). The highest BCUT2D eigenvalue weighted by atomic mass is 35.5. The van der Waals surface area contributed by atoms with Gasteiger partial charge in [0.25, 0.3) is 5.91 Å². The molecule has 2 amide bonds. The minimum absolute atomic E-state index is 0.00360. The van der Waals surface area contributed by atoms with Crippen molar-refractivity contribution in [3.8, 4) is 0 Å². The van der Waals surface area contributed by atoms with Gasteiger partial charge >= 0.3 is 0 Å². The van der Waals surface area contributed by atoms with Crippen molar-refractivity contribution in [2.24, 2.45) is 0 Å². The summed E-state index contributed by atoms with van der Waals surface area (Å²) in [5, 5.41) is 4.46.